The zero-order valence-electron chi connectivity index (χ0n) is 16.8. The highest BCUT2D eigenvalue weighted by molar-refractivity contribution is 5.94. The normalized spacial score (nSPS) is 15.3. The number of alkyl halides is 3. The van der Waals surface area contributed by atoms with Crippen LogP contribution >= 0.6 is 0 Å². The highest BCUT2D eigenvalue weighted by atomic mass is 19.4. The van der Waals surface area contributed by atoms with Crippen LogP contribution in [0.4, 0.5) is 13.2 Å². The van der Waals surface area contributed by atoms with Crippen LogP contribution in [0.15, 0.2) is 42.6 Å². The van der Waals surface area contributed by atoms with E-state index in [1.54, 1.807) is 21.9 Å². The Morgan fingerprint density at radius 3 is 2.37 bits per heavy atom. The lowest BCUT2D eigenvalue weighted by atomic mass is 10.0. The van der Waals surface area contributed by atoms with Crippen LogP contribution in [0.25, 0.3) is 0 Å². The predicted molar refractivity (Wildman–Crippen MR) is 105 cm³/mol. The Hall–Kier alpha value is -2.84. The van der Waals surface area contributed by atoms with Crippen molar-refractivity contribution in [2.24, 2.45) is 0 Å². The minimum Gasteiger partial charge on any atom is -0.338 e. The summed E-state index contributed by atoms with van der Waals surface area (Å²) >= 11 is 0. The fourth-order valence-electron chi connectivity index (χ4n) is 3.73. The quantitative estimate of drug-likeness (QED) is 0.717. The van der Waals surface area contributed by atoms with Crippen molar-refractivity contribution in [1.29, 1.82) is 0 Å². The molecular weight excluding hydrogens is 397 g/mol. The van der Waals surface area contributed by atoms with Gasteiger partial charge in [0.2, 0.25) is 5.91 Å². The van der Waals surface area contributed by atoms with Gasteiger partial charge in [0, 0.05) is 37.4 Å². The van der Waals surface area contributed by atoms with Crippen LogP contribution in [-0.4, -0.2) is 57.1 Å². The molecule has 2 heterocycles. The van der Waals surface area contributed by atoms with E-state index in [0.717, 1.165) is 17.2 Å². The molecule has 2 aromatic rings. The van der Waals surface area contributed by atoms with Crippen molar-refractivity contribution < 1.29 is 22.8 Å². The van der Waals surface area contributed by atoms with Gasteiger partial charge in [-0.15, -0.1) is 0 Å². The Morgan fingerprint density at radius 1 is 1.13 bits per heavy atom. The Labute approximate surface area is 173 Å². The molecule has 1 fully saturated rings. The summed E-state index contributed by atoms with van der Waals surface area (Å²) < 4.78 is 39.2. The van der Waals surface area contributed by atoms with Crippen molar-refractivity contribution >= 4 is 11.8 Å². The highest BCUT2D eigenvalue weighted by Crippen LogP contribution is 2.27. The predicted octanol–water partition coefficient (Wildman–Crippen LogP) is 3.45. The highest BCUT2D eigenvalue weighted by Gasteiger charge is 2.34. The van der Waals surface area contributed by atoms with Gasteiger partial charge < -0.3 is 9.80 Å². The Morgan fingerprint density at radius 2 is 1.80 bits per heavy atom. The molecule has 1 aromatic carbocycles. The van der Waals surface area contributed by atoms with Crippen molar-refractivity contribution in [2.75, 3.05) is 19.6 Å². The van der Waals surface area contributed by atoms with Gasteiger partial charge in [-0.05, 0) is 37.5 Å². The van der Waals surface area contributed by atoms with Gasteiger partial charge in [0.15, 0.2) is 5.69 Å². The van der Waals surface area contributed by atoms with Crippen LogP contribution in [0.5, 0.6) is 0 Å². The minimum atomic E-state index is -4.53. The molecule has 0 radical (unpaired) electrons. The largest absolute Gasteiger partial charge is 0.435 e. The molecule has 1 aliphatic rings. The van der Waals surface area contributed by atoms with Crippen LogP contribution in [-0.2, 0) is 17.5 Å². The molecular formula is C21H25F3N4O2. The van der Waals surface area contributed by atoms with Crippen molar-refractivity contribution in [3.63, 3.8) is 0 Å². The first-order valence-corrected chi connectivity index (χ1v) is 10.0. The van der Waals surface area contributed by atoms with Gasteiger partial charge in [0.1, 0.15) is 6.54 Å². The molecule has 162 valence electrons. The van der Waals surface area contributed by atoms with E-state index in [-0.39, 0.29) is 24.4 Å². The van der Waals surface area contributed by atoms with Crippen LogP contribution < -0.4 is 0 Å². The lowest BCUT2D eigenvalue weighted by Gasteiger charge is -2.38. The first-order chi connectivity index (χ1) is 14.3. The molecule has 30 heavy (non-hydrogen) atoms. The monoisotopic (exact) mass is 422 g/mol. The van der Waals surface area contributed by atoms with Crippen LogP contribution in [0.3, 0.4) is 0 Å². The molecule has 0 bridgehead atoms. The van der Waals surface area contributed by atoms with E-state index in [0.29, 0.717) is 38.0 Å². The van der Waals surface area contributed by atoms with E-state index in [1.807, 2.05) is 25.1 Å². The molecule has 9 heteroatoms. The number of benzene rings is 1. The van der Waals surface area contributed by atoms with Crippen LogP contribution in [0.1, 0.15) is 42.2 Å². The summed E-state index contributed by atoms with van der Waals surface area (Å²) in [6.07, 6.45) is -1.35. The first-order valence-electron chi connectivity index (χ1n) is 10.0. The fourth-order valence-corrected chi connectivity index (χ4v) is 3.73. The second kappa shape index (κ2) is 9.32. The average Bonchev–Trinajstić information content (AvgIpc) is 3.21. The molecule has 0 saturated carbocycles. The molecule has 0 spiro atoms. The number of likely N-dealkylation sites (tertiary alicyclic amines) is 1. The maximum atomic E-state index is 12.8. The summed E-state index contributed by atoms with van der Waals surface area (Å²) in [7, 11) is 0. The maximum absolute atomic E-state index is 12.8. The van der Waals surface area contributed by atoms with Crippen LogP contribution in [0, 0.1) is 0 Å². The molecule has 1 aliphatic heterocycles. The number of carbonyl (C=O) groups excluding carboxylic acids is 2. The van der Waals surface area contributed by atoms with E-state index >= 15 is 0 Å². The molecule has 0 atom stereocenters. The summed E-state index contributed by atoms with van der Waals surface area (Å²) in [5.41, 5.74) is -0.373. The molecule has 3 rings (SSSR count). The van der Waals surface area contributed by atoms with Gasteiger partial charge in [-0.1, -0.05) is 25.1 Å². The summed E-state index contributed by atoms with van der Waals surface area (Å²) in [4.78, 5) is 28.9. The molecule has 2 amide bonds. The molecule has 6 nitrogen and oxygen atoms in total. The molecule has 0 aliphatic carbocycles. The van der Waals surface area contributed by atoms with Gasteiger partial charge >= 0.3 is 6.18 Å². The number of nitrogens with zero attached hydrogens (tertiary/aromatic N) is 4. The summed E-state index contributed by atoms with van der Waals surface area (Å²) in [6, 6.07) is 9.87. The number of carbonyl (C=O) groups is 2. The molecule has 1 saturated heterocycles. The maximum Gasteiger partial charge on any atom is 0.435 e. The van der Waals surface area contributed by atoms with Crippen molar-refractivity contribution in [1.82, 2.24) is 19.6 Å². The topological polar surface area (TPSA) is 58.4 Å². The molecule has 0 unspecified atom stereocenters. The van der Waals surface area contributed by atoms with E-state index < -0.39 is 11.9 Å². The van der Waals surface area contributed by atoms with Gasteiger partial charge in [-0.2, -0.15) is 18.3 Å². The average molecular weight is 422 g/mol. The third-order valence-corrected chi connectivity index (χ3v) is 5.23. The summed E-state index contributed by atoms with van der Waals surface area (Å²) in [5.74, 6) is -0.292. The van der Waals surface area contributed by atoms with Gasteiger partial charge in [0.05, 0.1) is 0 Å². The van der Waals surface area contributed by atoms with E-state index in [1.165, 1.54) is 6.20 Å². The number of hydrogen-bond acceptors (Lipinski definition) is 3. The number of rotatable bonds is 6. The second-order valence-corrected chi connectivity index (χ2v) is 7.37. The number of halogens is 3. The molecule has 0 N–H and O–H groups in total. The lowest BCUT2D eigenvalue weighted by Crippen LogP contribution is -2.49. The fraction of sp³-hybridized carbons (Fsp3) is 0.476. The number of aromatic nitrogens is 2. The Balaban J connectivity index is 1.60. The smallest absolute Gasteiger partial charge is 0.338 e. The second-order valence-electron chi connectivity index (χ2n) is 7.37. The zero-order chi connectivity index (χ0) is 21.7. The van der Waals surface area contributed by atoms with Gasteiger partial charge in [0.25, 0.3) is 5.91 Å². The van der Waals surface area contributed by atoms with E-state index in [2.05, 4.69) is 5.10 Å². The SMILES string of the molecule is CCCN(C(=O)Cn1ccc(C(F)(F)F)n1)C1CCN(C(=O)c2ccccc2)CC1. The van der Waals surface area contributed by atoms with E-state index in [9.17, 15) is 22.8 Å². The Bertz CT molecular complexity index is 859. The number of piperidine rings is 1. The number of hydrogen-bond donors (Lipinski definition) is 0. The Kier molecular flexibility index (Phi) is 6.79. The third kappa shape index (κ3) is 5.20. The lowest BCUT2D eigenvalue weighted by molar-refractivity contribution is -0.142. The van der Waals surface area contributed by atoms with Crippen molar-refractivity contribution in [3.8, 4) is 0 Å². The van der Waals surface area contributed by atoms with E-state index in [4.69, 9.17) is 0 Å². The minimum absolute atomic E-state index is 0.0290. The molecule has 1 aromatic heterocycles. The van der Waals surface area contributed by atoms with Crippen molar-refractivity contribution in [2.45, 2.75) is 44.9 Å². The summed E-state index contributed by atoms with van der Waals surface area (Å²) in [5, 5.41) is 3.47. The third-order valence-electron chi connectivity index (χ3n) is 5.23. The summed E-state index contributed by atoms with van der Waals surface area (Å²) in [6.45, 7) is 3.30. The standard InChI is InChI=1S/C21H25F3N4O2/c1-2-11-28(19(29)15-27-14-10-18(25-27)21(22,23)24)17-8-12-26(13-9-17)20(30)16-6-4-3-5-7-16/h3-7,10,14,17H,2,8-9,11-13,15H2,1H3. The van der Waals surface area contributed by atoms with Crippen LogP contribution in [0.2, 0.25) is 0 Å². The van der Waals surface area contributed by atoms with Gasteiger partial charge in [-0.25, -0.2) is 0 Å². The van der Waals surface area contributed by atoms with Gasteiger partial charge in [-0.3, -0.25) is 14.3 Å². The number of amides is 2. The zero-order valence-corrected chi connectivity index (χ0v) is 16.8. The first kappa shape index (κ1) is 21.9. The van der Waals surface area contributed by atoms with Crippen molar-refractivity contribution in [3.05, 3.63) is 53.9 Å².